The fourth-order valence-corrected chi connectivity index (χ4v) is 4.52. The molecule has 3 unspecified atom stereocenters. The quantitative estimate of drug-likeness (QED) is 0.924. The zero-order valence-electron chi connectivity index (χ0n) is 10.9. The molecule has 0 radical (unpaired) electrons. The topological polar surface area (TPSA) is 29.5 Å². The molecule has 2 aliphatic carbocycles. The van der Waals surface area contributed by atoms with Gasteiger partial charge < -0.3 is 9.84 Å². The van der Waals surface area contributed by atoms with Crippen molar-refractivity contribution >= 4 is 15.9 Å². The Kier molecular flexibility index (Phi) is 2.89. The molecule has 3 heteroatoms. The van der Waals surface area contributed by atoms with Crippen molar-refractivity contribution in [2.45, 2.75) is 38.2 Å². The molecule has 1 aromatic rings. The molecule has 1 N–H and O–H groups in total. The van der Waals surface area contributed by atoms with E-state index in [4.69, 9.17) is 4.74 Å². The molecule has 102 valence electrons. The summed E-state index contributed by atoms with van der Waals surface area (Å²) in [5.41, 5.74) is 2.46. The van der Waals surface area contributed by atoms with Gasteiger partial charge >= 0.3 is 0 Å². The summed E-state index contributed by atoms with van der Waals surface area (Å²) in [7, 11) is 0. The van der Waals surface area contributed by atoms with Crippen molar-refractivity contribution in [2.24, 2.45) is 17.8 Å². The van der Waals surface area contributed by atoms with Crippen molar-refractivity contribution in [3.8, 4) is 5.75 Å². The summed E-state index contributed by atoms with van der Waals surface area (Å²) in [6.45, 7) is 0.780. The number of hydrogen-bond donors (Lipinski definition) is 1. The van der Waals surface area contributed by atoms with Gasteiger partial charge in [0.25, 0.3) is 0 Å². The molecule has 0 saturated heterocycles. The van der Waals surface area contributed by atoms with Crippen molar-refractivity contribution < 1.29 is 9.84 Å². The van der Waals surface area contributed by atoms with Gasteiger partial charge in [-0.25, -0.2) is 0 Å². The number of halogens is 1. The molecule has 19 heavy (non-hydrogen) atoms. The molecule has 1 heterocycles. The van der Waals surface area contributed by atoms with Crippen LogP contribution in [0.1, 0.15) is 30.4 Å². The van der Waals surface area contributed by atoms with Crippen molar-refractivity contribution in [2.75, 3.05) is 6.61 Å². The van der Waals surface area contributed by atoms with Gasteiger partial charge in [-0.2, -0.15) is 0 Å². The van der Waals surface area contributed by atoms with Crippen molar-refractivity contribution in [3.63, 3.8) is 0 Å². The van der Waals surface area contributed by atoms with E-state index in [2.05, 4.69) is 28.1 Å². The van der Waals surface area contributed by atoms with Gasteiger partial charge in [-0.3, -0.25) is 0 Å². The van der Waals surface area contributed by atoms with E-state index in [9.17, 15) is 5.11 Å². The first-order chi connectivity index (χ1) is 9.20. The average Bonchev–Trinajstić information content (AvgIpc) is 2.80. The molecular weight excluding hydrogens is 304 g/mol. The van der Waals surface area contributed by atoms with Gasteiger partial charge in [0, 0.05) is 17.3 Å². The molecule has 0 bridgehead atoms. The Labute approximate surface area is 122 Å². The van der Waals surface area contributed by atoms with Crippen LogP contribution in [0.4, 0.5) is 0 Å². The SMILES string of the molecule is OC(Cc1cc(Br)cc2c1OCC2)C1CC2CC2C1. The van der Waals surface area contributed by atoms with E-state index in [0.29, 0.717) is 5.92 Å². The van der Waals surface area contributed by atoms with Gasteiger partial charge in [-0.1, -0.05) is 15.9 Å². The monoisotopic (exact) mass is 322 g/mol. The zero-order valence-corrected chi connectivity index (χ0v) is 12.5. The van der Waals surface area contributed by atoms with Crippen molar-refractivity contribution in [3.05, 3.63) is 27.7 Å². The second-order valence-electron chi connectivity index (χ2n) is 6.41. The predicted molar refractivity (Wildman–Crippen MR) is 77.4 cm³/mol. The summed E-state index contributed by atoms with van der Waals surface area (Å²) in [4.78, 5) is 0. The minimum atomic E-state index is -0.199. The van der Waals surface area contributed by atoms with Gasteiger partial charge in [0.2, 0.25) is 0 Å². The van der Waals surface area contributed by atoms with E-state index < -0.39 is 0 Å². The first kappa shape index (κ1) is 12.2. The number of ether oxygens (including phenoxy) is 1. The molecule has 4 rings (SSSR count). The highest BCUT2D eigenvalue weighted by Gasteiger charge is 2.47. The van der Waals surface area contributed by atoms with Gasteiger partial charge in [-0.05, 0) is 60.3 Å². The highest BCUT2D eigenvalue weighted by Crippen LogP contribution is 2.55. The lowest BCUT2D eigenvalue weighted by atomic mass is 9.91. The van der Waals surface area contributed by atoms with Crippen LogP contribution in [0.25, 0.3) is 0 Å². The lowest BCUT2D eigenvalue weighted by molar-refractivity contribution is 0.103. The summed E-state index contributed by atoms with van der Waals surface area (Å²) in [5, 5.41) is 10.5. The van der Waals surface area contributed by atoms with Crippen molar-refractivity contribution in [1.29, 1.82) is 0 Å². The van der Waals surface area contributed by atoms with Crippen LogP contribution in [-0.2, 0) is 12.8 Å². The Balaban J connectivity index is 1.53. The van der Waals surface area contributed by atoms with Gasteiger partial charge in [0.15, 0.2) is 0 Å². The molecule has 3 atom stereocenters. The van der Waals surface area contributed by atoms with Crippen molar-refractivity contribution in [1.82, 2.24) is 0 Å². The number of hydrogen-bond acceptors (Lipinski definition) is 2. The summed E-state index contributed by atoms with van der Waals surface area (Å²) < 4.78 is 6.85. The normalized spacial score (nSPS) is 32.6. The van der Waals surface area contributed by atoms with E-state index >= 15 is 0 Å². The Morgan fingerprint density at radius 2 is 2.05 bits per heavy atom. The molecule has 2 nitrogen and oxygen atoms in total. The summed E-state index contributed by atoms with van der Waals surface area (Å²) in [6.07, 6.45) is 5.43. The third kappa shape index (κ3) is 2.21. The minimum Gasteiger partial charge on any atom is -0.493 e. The fraction of sp³-hybridized carbons (Fsp3) is 0.625. The Hall–Kier alpha value is -0.540. The third-order valence-electron chi connectivity index (χ3n) is 5.08. The van der Waals surface area contributed by atoms with E-state index in [1.165, 1.54) is 30.4 Å². The molecule has 0 spiro atoms. The summed E-state index contributed by atoms with van der Waals surface area (Å²) in [6, 6.07) is 4.26. The van der Waals surface area contributed by atoms with E-state index in [-0.39, 0.29) is 6.10 Å². The summed E-state index contributed by atoms with van der Waals surface area (Å²) in [5.74, 6) is 3.42. The molecule has 0 aromatic heterocycles. The second-order valence-corrected chi connectivity index (χ2v) is 7.33. The fourth-order valence-electron chi connectivity index (χ4n) is 3.97. The lowest BCUT2D eigenvalue weighted by Gasteiger charge is -2.20. The maximum Gasteiger partial charge on any atom is 0.125 e. The zero-order chi connectivity index (χ0) is 13.0. The molecule has 2 fully saturated rings. The van der Waals surface area contributed by atoms with Crippen LogP contribution in [0.5, 0.6) is 5.75 Å². The van der Waals surface area contributed by atoms with Crippen LogP contribution < -0.4 is 4.74 Å². The largest absolute Gasteiger partial charge is 0.493 e. The maximum absolute atomic E-state index is 10.5. The van der Waals surface area contributed by atoms with Gasteiger partial charge in [-0.15, -0.1) is 0 Å². The lowest BCUT2D eigenvalue weighted by Crippen LogP contribution is -2.22. The molecule has 3 aliphatic rings. The molecule has 0 amide bonds. The highest BCUT2D eigenvalue weighted by atomic mass is 79.9. The number of benzene rings is 1. The molecule has 1 aromatic carbocycles. The second kappa shape index (κ2) is 4.49. The van der Waals surface area contributed by atoms with E-state index in [0.717, 1.165) is 41.5 Å². The number of aliphatic hydroxyl groups excluding tert-OH is 1. The Morgan fingerprint density at radius 1 is 1.26 bits per heavy atom. The standard InChI is InChI=1S/C16H19BrO2/c17-14-6-9-1-2-19-16(9)13(7-14)8-15(18)12-4-10-3-11(10)5-12/h6-7,10-12,15,18H,1-5,8H2. The molecule has 2 saturated carbocycles. The number of fused-ring (bicyclic) bond motifs is 2. The maximum atomic E-state index is 10.5. The van der Waals surface area contributed by atoms with Crippen LogP contribution in [0.3, 0.4) is 0 Å². The Morgan fingerprint density at radius 3 is 2.84 bits per heavy atom. The summed E-state index contributed by atoms with van der Waals surface area (Å²) >= 11 is 3.57. The van der Waals surface area contributed by atoms with Crippen LogP contribution in [0.2, 0.25) is 0 Å². The first-order valence-electron chi connectivity index (χ1n) is 7.33. The minimum absolute atomic E-state index is 0.199. The highest BCUT2D eigenvalue weighted by molar-refractivity contribution is 9.10. The first-order valence-corrected chi connectivity index (χ1v) is 8.12. The van der Waals surface area contributed by atoms with Crippen LogP contribution in [-0.4, -0.2) is 17.8 Å². The third-order valence-corrected chi connectivity index (χ3v) is 5.54. The smallest absolute Gasteiger partial charge is 0.125 e. The van der Waals surface area contributed by atoms with Crippen LogP contribution in [0, 0.1) is 17.8 Å². The number of rotatable bonds is 3. The molecule has 1 aliphatic heterocycles. The predicted octanol–water partition coefficient (Wildman–Crippen LogP) is 3.33. The van der Waals surface area contributed by atoms with E-state index in [1.807, 2.05) is 0 Å². The van der Waals surface area contributed by atoms with Crippen LogP contribution in [0.15, 0.2) is 16.6 Å². The van der Waals surface area contributed by atoms with Gasteiger partial charge in [0.05, 0.1) is 12.7 Å². The van der Waals surface area contributed by atoms with Gasteiger partial charge in [0.1, 0.15) is 5.75 Å². The average molecular weight is 323 g/mol. The van der Waals surface area contributed by atoms with Crippen LogP contribution >= 0.6 is 15.9 Å². The molecular formula is C16H19BrO2. The Bertz CT molecular complexity index is 504. The number of aliphatic hydroxyl groups is 1. The van der Waals surface area contributed by atoms with E-state index in [1.54, 1.807) is 0 Å².